The average Bonchev–Trinajstić information content (AvgIpc) is 2.82. The Hall–Kier alpha value is -3.57. The number of benzene rings is 2. The molecule has 4 rings (SSSR count). The molecule has 0 unspecified atom stereocenters. The van der Waals surface area contributed by atoms with Crippen LogP contribution in [0.25, 0.3) is 22.3 Å². The number of hydrogen-bond acceptors (Lipinski definition) is 10. The summed E-state index contributed by atoms with van der Waals surface area (Å²) in [5.74, 6) is -1.43. The SMILES string of the molecule is CC(C)=CCc1c(O)cc(O)c2c(=O)c(O[C@@H]3O[C@H](C)[C@H](O)[C@@H](O)[C@H]3O)c(-c3ccc(O)cc3)oc12. The standard InChI is InChI=1S/C26H28O10/c1-11(2)4-9-15-16(28)10-17(29)18-20(31)25(36-26-22(33)21(32)19(30)12(3)34-26)23(35-24(15)18)13-5-7-14(27)8-6-13/h4-8,10,12,19,21-22,26-30,32-33H,9H2,1-3H3/t12-,19+,21-,22-,26+/m1/s1. The number of phenols is 3. The van der Waals surface area contributed by atoms with Crippen LogP contribution in [0, 0.1) is 0 Å². The molecular weight excluding hydrogens is 472 g/mol. The molecule has 1 aromatic heterocycles. The monoisotopic (exact) mass is 500 g/mol. The van der Waals surface area contributed by atoms with Crippen LogP contribution in [0.2, 0.25) is 0 Å². The Labute approximate surface area is 205 Å². The lowest BCUT2D eigenvalue weighted by Crippen LogP contribution is -2.58. The highest BCUT2D eigenvalue weighted by molar-refractivity contribution is 5.91. The molecular formula is C26H28O10. The van der Waals surface area contributed by atoms with Gasteiger partial charge in [0.25, 0.3) is 0 Å². The van der Waals surface area contributed by atoms with Crippen LogP contribution in [0.4, 0.5) is 0 Å². The molecule has 0 aliphatic carbocycles. The van der Waals surface area contributed by atoms with Gasteiger partial charge in [0.05, 0.1) is 6.10 Å². The molecule has 3 aromatic rings. The molecule has 2 aromatic carbocycles. The number of aliphatic hydroxyl groups excluding tert-OH is 3. The predicted molar refractivity (Wildman–Crippen MR) is 129 cm³/mol. The zero-order valence-electron chi connectivity index (χ0n) is 19.9. The van der Waals surface area contributed by atoms with Crippen molar-refractivity contribution in [3.05, 3.63) is 57.8 Å². The summed E-state index contributed by atoms with van der Waals surface area (Å²) >= 11 is 0. The molecule has 10 heteroatoms. The van der Waals surface area contributed by atoms with E-state index in [1.807, 2.05) is 19.9 Å². The zero-order chi connectivity index (χ0) is 26.3. The summed E-state index contributed by atoms with van der Waals surface area (Å²) < 4.78 is 17.3. The van der Waals surface area contributed by atoms with Gasteiger partial charge in [-0.3, -0.25) is 4.79 Å². The van der Waals surface area contributed by atoms with E-state index in [9.17, 15) is 35.4 Å². The maximum absolute atomic E-state index is 13.7. The summed E-state index contributed by atoms with van der Waals surface area (Å²) in [4.78, 5) is 13.7. The van der Waals surface area contributed by atoms with Crippen LogP contribution < -0.4 is 10.2 Å². The minimum atomic E-state index is -1.71. The van der Waals surface area contributed by atoms with Crippen molar-refractivity contribution in [1.29, 1.82) is 0 Å². The quantitative estimate of drug-likeness (QED) is 0.286. The summed E-state index contributed by atoms with van der Waals surface area (Å²) in [6.07, 6.45) is -5.16. The topological polar surface area (TPSA) is 170 Å². The van der Waals surface area contributed by atoms with Gasteiger partial charge < -0.3 is 44.5 Å². The van der Waals surface area contributed by atoms with Crippen LogP contribution in [0.15, 0.2) is 51.2 Å². The highest BCUT2D eigenvalue weighted by Gasteiger charge is 2.44. The van der Waals surface area contributed by atoms with Gasteiger partial charge in [-0.1, -0.05) is 11.6 Å². The third-order valence-corrected chi connectivity index (χ3v) is 6.07. The first-order valence-corrected chi connectivity index (χ1v) is 11.3. The Balaban J connectivity index is 1.97. The van der Waals surface area contributed by atoms with Gasteiger partial charge in [0.15, 0.2) is 5.76 Å². The van der Waals surface area contributed by atoms with Crippen LogP contribution in [0.1, 0.15) is 26.3 Å². The fourth-order valence-corrected chi connectivity index (χ4v) is 4.01. The molecule has 36 heavy (non-hydrogen) atoms. The minimum Gasteiger partial charge on any atom is -0.508 e. The summed E-state index contributed by atoms with van der Waals surface area (Å²) in [6.45, 7) is 5.20. The molecule has 0 bridgehead atoms. The Kier molecular flexibility index (Phi) is 6.96. The normalized spacial score (nSPS) is 24.0. The molecule has 1 fully saturated rings. The van der Waals surface area contributed by atoms with Gasteiger partial charge in [-0.25, -0.2) is 0 Å². The summed E-state index contributed by atoms with van der Waals surface area (Å²) in [6, 6.07) is 6.68. The summed E-state index contributed by atoms with van der Waals surface area (Å²) in [5, 5.41) is 61.1. The van der Waals surface area contributed by atoms with Crippen molar-refractivity contribution < 1.29 is 44.5 Å². The lowest BCUT2D eigenvalue weighted by atomic mass is 10.00. The van der Waals surface area contributed by atoms with Gasteiger partial charge in [-0.2, -0.15) is 0 Å². The highest BCUT2D eigenvalue weighted by atomic mass is 16.7. The smallest absolute Gasteiger partial charge is 0.239 e. The zero-order valence-corrected chi connectivity index (χ0v) is 19.9. The van der Waals surface area contributed by atoms with Crippen LogP contribution in [0.3, 0.4) is 0 Å². The van der Waals surface area contributed by atoms with Gasteiger partial charge in [0, 0.05) is 17.2 Å². The lowest BCUT2D eigenvalue weighted by Gasteiger charge is -2.38. The fraction of sp³-hybridized carbons (Fsp3) is 0.346. The molecule has 192 valence electrons. The molecule has 0 amide bonds. The van der Waals surface area contributed by atoms with Gasteiger partial charge in [-0.05, 0) is 51.5 Å². The number of rotatable bonds is 5. The van der Waals surface area contributed by atoms with E-state index in [0.29, 0.717) is 5.56 Å². The first kappa shape index (κ1) is 25.5. The first-order valence-electron chi connectivity index (χ1n) is 11.3. The highest BCUT2D eigenvalue weighted by Crippen LogP contribution is 2.40. The number of allylic oxidation sites excluding steroid dienone is 2. The predicted octanol–water partition coefficient (Wildman–Crippen LogP) is 2.29. The number of aliphatic hydroxyl groups is 3. The van der Waals surface area contributed by atoms with E-state index in [-0.39, 0.29) is 40.2 Å². The lowest BCUT2D eigenvalue weighted by molar-refractivity contribution is -0.268. The summed E-state index contributed by atoms with van der Waals surface area (Å²) in [5.41, 5.74) is 0.624. The van der Waals surface area contributed by atoms with E-state index in [1.54, 1.807) is 0 Å². The van der Waals surface area contributed by atoms with Crippen molar-refractivity contribution in [3.8, 4) is 34.3 Å². The number of fused-ring (bicyclic) bond motifs is 1. The second-order valence-electron chi connectivity index (χ2n) is 9.02. The molecule has 2 heterocycles. The van der Waals surface area contributed by atoms with Gasteiger partial charge >= 0.3 is 0 Å². The second kappa shape index (κ2) is 9.82. The molecule has 5 atom stereocenters. The van der Waals surface area contributed by atoms with Crippen molar-refractivity contribution in [2.45, 2.75) is 57.9 Å². The second-order valence-corrected chi connectivity index (χ2v) is 9.02. The average molecular weight is 501 g/mol. The Morgan fingerprint density at radius 3 is 2.31 bits per heavy atom. The van der Waals surface area contributed by atoms with E-state index < -0.39 is 47.6 Å². The Morgan fingerprint density at radius 1 is 1.00 bits per heavy atom. The number of hydrogen-bond donors (Lipinski definition) is 6. The van der Waals surface area contributed by atoms with Gasteiger partial charge in [-0.15, -0.1) is 0 Å². The van der Waals surface area contributed by atoms with Gasteiger partial charge in [0.1, 0.15) is 46.5 Å². The van der Waals surface area contributed by atoms with E-state index in [2.05, 4.69) is 0 Å². The Morgan fingerprint density at radius 2 is 1.67 bits per heavy atom. The van der Waals surface area contributed by atoms with E-state index in [1.165, 1.54) is 31.2 Å². The molecule has 1 saturated heterocycles. The third-order valence-electron chi connectivity index (χ3n) is 6.07. The largest absolute Gasteiger partial charge is 0.508 e. The number of ether oxygens (including phenoxy) is 2. The molecule has 0 radical (unpaired) electrons. The van der Waals surface area contributed by atoms with Crippen LogP contribution in [-0.4, -0.2) is 61.3 Å². The van der Waals surface area contributed by atoms with Gasteiger partial charge in [0.2, 0.25) is 17.5 Å². The van der Waals surface area contributed by atoms with Crippen LogP contribution in [0.5, 0.6) is 23.0 Å². The molecule has 10 nitrogen and oxygen atoms in total. The van der Waals surface area contributed by atoms with E-state index >= 15 is 0 Å². The van der Waals surface area contributed by atoms with E-state index in [0.717, 1.165) is 11.6 Å². The maximum atomic E-state index is 13.7. The molecule has 1 aliphatic heterocycles. The Bertz CT molecular complexity index is 1350. The maximum Gasteiger partial charge on any atom is 0.239 e. The molecule has 6 N–H and O–H groups in total. The van der Waals surface area contributed by atoms with Crippen molar-refractivity contribution in [2.24, 2.45) is 0 Å². The van der Waals surface area contributed by atoms with Crippen LogP contribution >= 0.6 is 0 Å². The van der Waals surface area contributed by atoms with Crippen molar-refractivity contribution in [2.75, 3.05) is 0 Å². The minimum absolute atomic E-state index is 0.0409. The fourth-order valence-electron chi connectivity index (χ4n) is 4.01. The van der Waals surface area contributed by atoms with Crippen molar-refractivity contribution >= 4 is 11.0 Å². The first-order chi connectivity index (χ1) is 17.0. The number of aromatic hydroxyl groups is 3. The molecule has 1 aliphatic rings. The number of phenolic OH excluding ortho intramolecular Hbond substituents is 3. The van der Waals surface area contributed by atoms with E-state index in [4.69, 9.17) is 13.9 Å². The molecule has 0 spiro atoms. The van der Waals surface area contributed by atoms with Crippen molar-refractivity contribution in [1.82, 2.24) is 0 Å². The third kappa shape index (κ3) is 4.63. The summed E-state index contributed by atoms with van der Waals surface area (Å²) in [7, 11) is 0. The molecule has 0 saturated carbocycles. The van der Waals surface area contributed by atoms with Crippen molar-refractivity contribution in [3.63, 3.8) is 0 Å². The van der Waals surface area contributed by atoms with Crippen LogP contribution in [-0.2, 0) is 11.2 Å².